The van der Waals surface area contributed by atoms with Crippen LogP contribution in [0.2, 0.25) is 0 Å². The Bertz CT molecular complexity index is 524. The summed E-state index contributed by atoms with van der Waals surface area (Å²) in [7, 11) is 0. The molecule has 0 saturated heterocycles. The number of carbonyl (C=O) groups is 1. The van der Waals surface area contributed by atoms with Gasteiger partial charge in [-0.1, -0.05) is 35.5 Å². The molecule has 0 aliphatic rings. The summed E-state index contributed by atoms with van der Waals surface area (Å²) in [5, 5.41) is 4.02. The summed E-state index contributed by atoms with van der Waals surface area (Å²) in [5.41, 5.74) is 1.83. The molecule has 0 unspecified atom stereocenters. The predicted octanol–water partition coefficient (Wildman–Crippen LogP) is 3.14. The quantitative estimate of drug-likeness (QED) is 0.759. The molecule has 0 N–H and O–H groups in total. The monoisotopic (exact) mass is 277 g/mol. The Labute approximate surface area is 116 Å². The molecule has 0 atom stereocenters. The van der Waals surface area contributed by atoms with Gasteiger partial charge in [-0.2, -0.15) is 0 Å². The highest BCUT2D eigenvalue weighted by molar-refractivity contribution is 7.99. The molecule has 0 fully saturated rings. The number of rotatable bonds is 6. The van der Waals surface area contributed by atoms with E-state index in [9.17, 15) is 4.79 Å². The number of esters is 1. The maximum Gasteiger partial charge on any atom is 0.315 e. The number of aromatic nitrogens is 1. The van der Waals surface area contributed by atoms with Gasteiger partial charge in [-0.3, -0.25) is 4.79 Å². The van der Waals surface area contributed by atoms with Crippen LogP contribution in [-0.4, -0.2) is 23.5 Å². The van der Waals surface area contributed by atoms with Crippen molar-refractivity contribution in [1.82, 2.24) is 5.16 Å². The summed E-state index contributed by atoms with van der Waals surface area (Å²) in [6.45, 7) is 2.21. The zero-order valence-corrected chi connectivity index (χ0v) is 11.5. The first-order valence-corrected chi connectivity index (χ1v) is 7.19. The van der Waals surface area contributed by atoms with E-state index in [-0.39, 0.29) is 5.97 Å². The van der Waals surface area contributed by atoms with Crippen molar-refractivity contribution in [2.24, 2.45) is 0 Å². The Morgan fingerprint density at radius 3 is 2.89 bits per heavy atom. The van der Waals surface area contributed by atoms with Gasteiger partial charge in [0.15, 0.2) is 0 Å². The minimum atomic E-state index is -0.199. The molecule has 2 rings (SSSR count). The van der Waals surface area contributed by atoms with Crippen LogP contribution < -0.4 is 0 Å². The van der Waals surface area contributed by atoms with Gasteiger partial charge in [0, 0.05) is 11.6 Å². The third kappa shape index (κ3) is 4.13. The molecule has 0 aliphatic carbocycles. The SMILES string of the molecule is CCOC(=O)CSCc1cc(-c2ccccc2)no1. The van der Waals surface area contributed by atoms with E-state index in [1.165, 1.54) is 11.8 Å². The van der Waals surface area contributed by atoms with Crippen LogP contribution in [0.15, 0.2) is 40.9 Å². The standard InChI is InChI=1S/C14H15NO3S/c1-2-17-14(16)10-19-9-12-8-13(15-18-12)11-6-4-3-5-7-11/h3-8H,2,9-10H2,1H3. The van der Waals surface area contributed by atoms with Gasteiger partial charge in [-0.15, -0.1) is 11.8 Å². The molecule has 0 spiro atoms. The first-order valence-electron chi connectivity index (χ1n) is 6.04. The van der Waals surface area contributed by atoms with Crippen LogP contribution in [0.1, 0.15) is 12.7 Å². The molecule has 0 radical (unpaired) electrons. The van der Waals surface area contributed by atoms with E-state index in [2.05, 4.69) is 5.16 Å². The number of thioether (sulfide) groups is 1. The van der Waals surface area contributed by atoms with Crippen molar-refractivity contribution >= 4 is 17.7 Å². The average molecular weight is 277 g/mol. The van der Waals surface area contributed by atoms with E-state index in [0.717, 1.165) is 17.0 Å². The lowest BCUT2D eigenvalue weighted by Gasteiger charge is -1.99. The zero-order valence-electron chi connectivity index (χ0n) is 10.7. The van der Waals surface area contributed by atoms with Crippen molar-refractivity contribution in [3.8, 4) is 11.3 Å². The van der Waals surface area contributed by atoms with Crippen LogP contribution in [0.3, 0.4) is 0 Å². The molecule has 2 aromatic rings. The van der Waals surface area contributed by atoms with Crippen molar-refractivity contribution in [2.75, 3.05) is 12.4 Å². The lowest BCUT2D eigenvalue weighted by molar-refractivity contribution is -0.139. The van der Waals surface area contributed by atoms with Crippen molar-refractivity contribution in [1.29, 1.82) is 0 Å². The van der Waals surface area contributed by atoms with E-state index in [1.54, 1.807) is 6.92 Å². The summed E-state index contributed by atoms with van der Waals surface area (Å²) in [6.07, 6.45) is 0. The summed E-state index contributed by atoms with van der Waals surface area (Å²) in [5.74, 6) is 1.50. The van der Waals surface area contributed by atoms with E-state index in [1.807, 2.05) is 36.4 Å². The second-order valence-corrected chi connectivity index (χ2v) is 4.83. The number of carbonyl (C=O) groups excluding carboxylic acids is 1. The molecule has 4 nitrogen and oxygen atoms in total. The molecule has 100 valence electrons. The molecule has 0 amide bonds. The van der Waals surface area contributed by atoms with Gasteiger partial charge in [0.1, 0.15) is 11.5 Å². The van der Waals surface area contributed by atoms with Gasteiger partial charge in [0.05, 0.1) is 18.1 Å². The number of benzene rings is 1. The smallest absolute Gasteiger partial charge is 0.315 e. The first kappa shape index (κ1) is 13.7. The Morgan fingerprint density at radius 1 is 1.37 bits per heavy atom. The van der Waals surface area contributed by atoms with Crippen LogP contribution in [0.5, 0.6) is 0 Å². The maximum absolute atomic E-state index is 11.2. The third-order valence-corrected chi connectivity index (χ3v) is 3.33. The Morgan fingerprint density at radius 2 is 2.16 bits per heavy atom. The molecular formula is C14H15NO3S. The lowest BCUT2D eigenvalue weighted by atomic mass is 10.1. The minimum absolute atomic E-state index is 0.199. The fraction of sp³-hybridized carbons (Fsp3) is 0.286. The maximum atomic E-state index is 11.2. The van der Waals surface area contributed by atoms with Gasteiger partial charge < -0.3 is 9.26 Å². The van der Waals surface area contributed by atoms with Crippen molar-refractivity contribution in [3.05, 3.63) is 42.2 Å². The van der Waals surface area contributed by atoms with Gasteiger partial charge in [0.2, 0.25) is 0 Å². The summed E-state index contributed by atoms with van der Waals surface area (Å²) >= 11 is 1.45. The number of hydrogen-bond acceptors (Lipinski definition) is 5. The number of ether oxygens (including phenoxy) is 1. The fourth-order valence-electron chi connectivity index (χ4n) is 1.56. The van der Waals surface area contributed by atoms with Crippen LogP contribution in [0.4, 0.5) is 0 Å². The van der Waals surface area contributed by atoms with E-state index < -0.39 is 0 Å². The van der Waals surface area contributed by atoms with Crippen LogP contribution in [-0.2, 0) is 15.3 Å². The van der Waals surface area contributed by atoms with Gasteiger partial charge in [-0.05, 0) is 6.92 Å². The summed E-state index contributed by atoms with van der Waals surface area (Å²) in [4.78, 5) is 11.2. The molecule has 1 heterocycles. The fourth-order valence-corrected chi connectivity index (χ4v) is 2.25. The number of hydrogen-bond donors (Lipinski definition) is 0. The first-order chi connectivity index (χ1) is 9.29. The largest absolute Gasteiger partial charge is 0.465 e. The highest BCUT2D eigenvalue weighted by Crippen LogP contribution is 2.21. The molecular weight excluding hydrogens is 262 g/mol. The Balaban J connectivity index is 1.86. The normalized spacial score (nSPS) is 10.4. The summed E-state index contributed by atoms with van der Waals surface area (Å²) < 4.78 is 10.1. The minimum Gasteiger partial charge on any atom is -0.465 e. The van der Waals surface area contributed by atoms with Gasteiger partial charge in [0.25, 0.3) is 0 Å². The highest BCUT2D eigenvalue weighted by atomic mass is 32.2. The zero-order chi connectivity index (χ0) is 13.5. The summed E-state index contributed by atoms with van der Waals surface area (Å²) in [6, 6.07) is 11.7. The molecule has 1 aromatic carbocycles. The number of nitrogens with zero attached hydrogens (tertiary/aromatic N) is 1. The predicted molar refractivity (Wildman–Crippen MR) is 74.7 cm³/mol. The second-order valence-electron chi connectivity index (χ2n) is 3.84. The molecule has 1 aromatic heterocycles. The van der Waals surface area contributed by atoms with E-state index in [0.29, 0.717) is 18.1 Å². The molecule has 5 heteroatoms. The van der Waals surface area contributed by atoms with Crippen molar-refractivity contribution in [2.45, 2.75) is 12.7 Å². The van der Waals surface area contributed by atoms with E-state index in [4.69, 9.17) is 9.26 Å². The van der Waals surface area contributed by atoms with E-state index >= 15 is 0 Å². The van der Waals surface area contributed by atoms with Crippen molar-refractivity contribution < 1.29 is 14.1 Å². The second kappa shape index (κ2) is 6.99. The molecule has 19 heavy (non-hydrogen) atoms. The Hall–Kier alpha value is -1.75. The van der Waals surface area contributed by atoms with Crippen LogP contribution in [0, 0.1) is 0 Å². The van der Waals surface area contributed by atoms with Gasteiger partial charge in [-0.25, -0.2) is 0 Å². The molecule has 0 saturated carbocycles. The lowest BCUT2D eigenvalue weighted by Crippen LogP contribution is -2.06. The molecule has 0 aliphatic heterocycles. The molecule has 0 bridgehead atoms. The highest BCUT2D eigenvalue weighted by Gasteiger charge is 2.08. The van der Waals surface area contributed by atoms with Crippen LogP contribution >= 0.6 is 11.8 Å². The third-order valence-electron chi connectivity index (χ3n) is 2.40. The van der Waals surface area contributed by atoms with Crippen LogP contribution in [0.25, 0.3) is 11.3 Å². The Kier molecular flexibility index (Phi) is 5.03. The van der Waals surface area contributed by atoms with Crippen molar-refractivity contribution in [3.63, 3.8) is 0 Å². The topological polar surface area (TPSA) is 52.3 Å². The van der Waals surface area contributed by atoms with Gasteiger partial charge >= 0.3 is 5.97 Å². The average Bonchev–Trinajstić information content (AvgIpc) is 2.89.